The maximum Gasteiger partial charge on any atom is 0.241 e. The van der Waals surface area contributed by atoms with Gasteiger partial charge < -0.3 is 19.9 Å². The summed E-state index contributed by atoms with van der Waals surface area (Å²) < 4.78 is 4.96. The van der Waals surface area contributed by atoms with E-state index in [4.69, 9.17) is 4.74 Å². The third-order valence-corrected chi connectivity index (χ3v) is 3.55. The average molecular weight is 277 g/mol. The molecule has 0 spiro atoms. The topological polar surface area (TPSA) is 44.8 Å². The minimum Gasteiger partial charge on any atom is -0.383 e. The number of methoxy groups -OCH3 is 1. The lowest BCUT2D eigenvalue weighted by molar-refractivity contribution is -0.117. The van der Waals surface area contributed by atoms with Crippen LogP contribution in [0.25, 0.3) is 0 Å². The van der Waals surface area contributed by atoms with Crippen molar-refractivity contribution < 1.29 is 9.53 Å². The molecule has 110 valence electrons. The van der Waals surface area contributed by atoms with Crippen molar-refractivity contribution in [3.05, 3.63) is 24.3 Å². The molecule has 1 aliphatic rings. The zero-order valence-electron chi connectivity index (χ0n) is 12.3. The maximum atomic E-state index is 12.3. The van der Waals surface area contributed by atoms with Crippen LogP contribution in [0.4, 0.5) is 11.4 Å². The predicted octanol–water partition coefficient (Wildman–Crippen LogP) is 1.10. The Morgan fingerprint density at radius 3 is 2.75 bits per heavy atom. The van der Waals surface area contributed by atoms with Crippen LogP contribution >= 0.6 is 0 Å². The van der Waals surface area contributed by atoms with Crippen molar-refractivity contribution in [2.45, 2.75) is 6.92 Å². The third kappa shape index (κ3) is 3.29. The van der Waals surface area contributed by atoms with Crippen LogP contribution in [-0.4, -0.2) is 52.3 Å². The number of carbonyl (C=O) groups is 1. The van der Waals surface area contributed by atoms with Gasteiger partial charge in [-0.05, 0) is 19.1 Å². The van der Waals surface area contributed by atoms with Crippen molar-refractivity contribution in [2.24, 2.45) is 0 Å². The Balaban J connectivity index is 2.04. The van der Waals surface area contributed by atoms with Gasteiger partial charge in [-0.25, -0.2) is 0 Å². The standard InChI is InChI=1S/C15H23N3O2/c1-3-17-9-10-18(14-7-5-4-6-13(14)17)15(19)12-16-8-11-20-2/h4-7,16H,3,8-12H2,1-2H3. The first-order valence-corrected chi connectivity index (χ1v) is 7.12. The van der Waals surface area contributed by atoms with E-state index in [1.54, 1.807) is 7.11 Å². The molecule has 1 amide bonds. The molecule has 0 unspecified atom stereocenters. The lowest BCUT2D eigenvalue weighted by Crippen LogP contribution is -2.47. The van der Waals surface area contributed by atoms with Crippen LogP contribution in [0.15, 0.2) is 24.3 Å². The monoisotopic (exact) mass is 277 g/mol. The van der Waals surface area contributed by atoms with Gasteiger partial charge in [-0.3, -0.25) is 4.79 Å². The van der Waals surface area contributed by atoms with Gasteiger partial charge >= 0.3 is 0 Å². The highest BCUT2D eigenvalue weighted by molar-refractivity contribution is 5.99. The van der Waals surface area contributed by atoms with E-state index in [0.717, 1.165) is 31.0 Å². The fraction of sp³-hybridized carbons (Fsp3) is 0.533. The lowest BCUT2D eigenvalue weighted by atomic mass is 10.1. The molecule has 0 aliphatic carbocycles. The number of amides is 1. The van der Waals surface area contributed by atoms with Gasteiger partial charge in [-0.2, -0.15) is 0 Å². The zero-order chi connectivity index (χ0) is 14.4. The summed E-state index contributed by atoms with van der Waals surface area (Å²) in [6.45, 7) is 6.40. The molecule has 0 atom stereocenters. The second-order valence-electron chi connectivity index (χ2n) is 4.78. The van der Waals surface area contributed by atoms with Crippen molar-refractivity contribution in [3.63, 3.8) is 0 Å². The second kappa shape index (κ2) is 7.26. The largest absolute Gasteiger partial charge is 0.383 e. The van der Waals surface area contributed by atoms with Gasteiger partial charge in [0.25, 0.3) is 0 Å². The van der Waals surface area contributed by atoms with E-state index < -0.39 is 0 Å². The molecule has 5 nitrogen and oxygen atoms in total. The number of benzene rings is 1. The Morgan fingerprint density at radius 1 is 1.30 bits per heavy atom. The van der Waals surface area contributed by atoms with Crippen molar-refractivity contribution in [3.8, 4) is 0 Å². The van der Waals surface area contributed by atoms with Crippen LogP contribution in [0, 0.1) is 0 Å². The molecule has 20 heavy (non-hydrogen) atoms. The van der Waals surface area contributed by atoms with Gasteiger partial charge in [0.1, 0.15) is 0 Å². The van der Waals surface area contributed by atoms with E-state index in [1.165, 1.54) is 0 Å². The summed E-state index contributed by atoms with van der Waals surface area (Å²) in [7, 11) is 1.66. The number of fused-ring (bicyclic) bond motifs is 1. The fourth-order valence-corrected chi connectivity index (χ4v) is 2.47. The van der Waals surface area contributed by atoms with E-state index in [0.29, 0.717) is 19.7 Å². The number of para-hydroxylation sites is 2. The third-order valence-electron chi connectivity index (χ3n) is 3.55. The number of hydrogen-bond donors (Lipinski definition) is 1. The normalized spacial score (nSPS) is 14.3. The molecule has 1 aromatic carbocycles. The molecule has 1 aromatic rings. The highest BCUT2D eigenvalue weighted by Crippen LogP contribution is 2.32. The van der Waals surface area contributed by atoms with Crippen LogP contribution in [0.3, 0.4) is 0 Å². The first-order chi connectivity index (χ1) is 9.77. The Morgan fingerprint density at radius 2 is 2.05 bits per heavy atom. The number of likely N-dealkylation sites (N-methyl/N-ethyl adjacent to an activating group) is 1. The van der Waals surface area contributed by atoms with Gasteiger partial charge in [0.05, 0.1) is 24.5 Å². The molecule has 0 bridgehead atoms. The fourth-order valence-electron chi connectivity index (χ4n) is 2.47. The van der Waals surface area contributed by atoms with Crippen LogP contribution < -0.4 is 15.1 Å². The predicted molar refractivity (Wildman–Crippen MR) is 81.4 cm³/mol. The summed E-state index contributed by atoms with van der Waals surface area (Å²) in [6.07, 6.45) is 0. The molecule has 0 fully saturated rings. The van der Waals surface area contributed by atoms with Crippen LogP contribution in [0.1, 0.15) is 6.92 Å². The highest BCUT2D eigenvalue weighted by Gasteiger charge is 2.25. The number of anilines is 2. The summed E-state index contributed by atoms with van der Waals surface area (Å²) in [5.41, 5.74) is 2.16. The Hall–Kier alpha value is -1.59. The minimum absolute atomic E-state index is 0.115. The summed E-state index contributed by atoms with van der Waals surface area (Å²) in [5, 5.41) is 3.11. The molecule has 1 N–H and O–H groups in total. The van der Waals surface area contributed by atoms with Crippen LogP contribution in [0.5, 0.6) is 0 Å². The van der Waals surface area contributed by atoms with E-state index in [2.05, 4.69) is 23.2 Å². The van der Waals surface area contributed by atoms with E-state index in [9.17, 15) is 4.79 Å². The van der Waals surface area contributed by atoms with E-state index in [1.807, 2.05) is 23.1 Å². The number of ether oxygens (including phenoxy) is 1. The zero-order valence-corrected chi connectivity index (χ0v) is 12.3. The minimum atomic E-state index is 0.115. The quantitative estimate of drug-likeness (QED) is 0.791. The number of hydrogen-bond acceptors (Lipinski definition) is 4. The highest BCUT2D eigenvalue weighted by atomic mass is 16.5. The number of carbonyl (C=O) groups excluding carboxylic acids is 1. The number of nitrogens with one attached hydrogen (secondary N) is 1. The van der Waals surface area contributed by atoms with Gasteiger partial charge in [0, 0.05) is 33.3 Å². The van der Waals surface area contributed by atoms with Crippen LogP contribution in [-0.2, 0) is 9.53 Å². The van der Waals surface area contributed by atoms with Gasteiger partial charge in [-0.1, -0.05) is 12.1 Å². The number of nitrogens with zero attached hydrogens (tertiary/aromatic N) is 2. The Labute approximate surface area is 120 Å². The summed E-state index contributed by atoms with van der Waals surface area (Å²) >= 11 is 0. The van der Waals surface area contributed by atoms with Crippen molar-refractivity contribution in [2.75, 3.05) is 56.2 Å². The molecule has 0 saturated heterocycles. The Bertz CT molecular complexity index is 450. The van der Waals surface area contributed by atoms with Crippen molar-refractivity contribution in [1.82, 2.24) is 5.32 Å². The molecule has 0 radical (unpaired) electrons. The molecule has 5 heteroatoms. The summed E-state index contributed by atoms with van der Waals surface area (Å²) in [5.74, 6) is 0.115. The van der Waals surface area contributed by atoms with Gasteiger partial charge in [0.15, 0.2) is 0 Å². The summed E-state index contributed by atoms with van der Waals surface area (Å²) in [6, 6.07) is 8.10. The van der Waals surface area contributed by atoms with Gasteiger partial charge in [-0.15, -0.1) is 0 Å². The van der Waals surface area contributed by atoms with E-state index >= 15 is 0 Å². The molecule has 0 saturated carbocycles. The van der Waals surface area contributed by atoms with Crippen molar-refractivity contribution >= 4 is 17.3 Å². The second-order valence-corrected chi connectivity index (χ2v) is 4.78. The SMILES string of the molecule is CCN1CCN(C(=O)CNCCOC)c2ccccc21. The Kier molecular flexibility index (Phi) is 5.38. The van der Waals surface area contributed by atoms with Crippen molar-refractivity contribution in [1.29, 1.82) is 0 Å². The first kappa shape index (κ1) is 14.8. The average Bonchev–Trinajstić information content (AvgIpc) is 2.50. The maximum absolute atomic E-state index is 12.3. The molecular formula is C15H23N3O2. The summed E-state index contributed by atoms with van der Waals surface area (Å²) in [4.78, 5) is 16.5. The van der Waals surface area contributed by atoms with E-state index in [-0.39, 0.29) is 5.91 Å². The first-order valence-electron chi connectivity index (χ1n) is 7.12. The number of rotatable bonds is 6. The molecular weight excluding hydrogens is 254 g/mol. The smallest absolute Gasteiger partial charge is 0.241 e. The van der Waals surface area contributed by atoms with Crippen LogP contribution in [0.2, 0.25) is 0 Å². The molecule has 1 aliphatic heterocycles. The molecule has 0 aromatic heterocycles. The molecule has 1 heterocycles. The molecule has 2 rings (SSSR count). The lowest BCUT2D eigenvalue weighted by Gasteiger charge is -2.37. The van der Waals surface area contributed by atoms with Gasteiger partial charge in [0.2, 0.25) is 5.91 Å².